The molecule has 0 bridgehead atoms. The molecular formula is C5H14NTi-. The molecule has 0 spiro atoms. The SMILES string of the molecule is CN(C)C.[CH2-]C.[Ti]. The van der Waals surface area contributed by atoms with Crippen LogP contribution in [0, 0.1) is 6.92 Å². The third-order valence-corrected chi connectivity index (χ3v) is 0. The van der Waals surface area contributed by atoms with E-state index in [0.717, 1.165) is 0 Å². The Hall–Kier alpha value is 0.674. The van der Waals surface area contributed by atoms with Crippen molar-refractivity contribution in [2.24, 2.45) is 0 Å². The van der Waals surface area contributed by atoms with Crippen molar-refractivity contribution in [2.75, 3.05) is 21.1 Å². The maximum Gasteiger partial charge on any atom is 0 e. The van der Waals surface area contributed by atoms with Gasteiger partial charge in [0.1, 0.15) is 0 Å². The van der Waals surface area contributed by atoms with Gasteiger partial charge in [-0.15, -0.1) is 0 Å². The van der Waals surface area contributed by atoms with E-state index in [1.165, 1.54) is 0 Å². The molecule has 0 amide bonds. The summed E-state index contributed by atoms with van der Waals surface area (Å²) in [7, 11) is 6.00. The van der Waals surface area contributed by atoms with E-state index in [1.54, 1.807) is 6.92 Å². The molecule has 2 heteroatoms. The van der Waals surface area contributed by atoms with E-state index in [9.17, 15) is 0 Å². The standard InChI is InChI=1S/C3H9N.C2H5.Ti/c1-4(2)3;1-2;/h1-3H3;1H2,2H3;/q;-1;. The first-order valence-electron chi connectivity index (χ1n) is 2.05. The minimum absolute atomic E-state index is 0. The van der Waals surface area contributed by atoms with Gasteiger partial charge in [-0.2, -0.15) is 6.92 Å². The molecule has 0 aromatic rings. The molecule has 7 heavy (non-hydrogen) atoms. The van der Waals surface area contributed by atoms with Crippen molar-refractivity contribution >= 4 is 0 Å². The van der Waals surface area contributed by atoms with Gasteiger partial charge in [-0.1, -0.05) is 0 Å². The van der Waals surface area contributed by atoms with Crippen LogP contribution >= 0.6 is 0 Å². The predicted octanol–water partition coefficient (Wildman–Crippen LogP) is 1.02. The van der Waals surface area contributed by atoms with Gasteiger partial charge >= 0.3 is 0 Å². The van der Waals surface area contributed by atoms with Crippen molar-refractivity contribution in [1.29, 1.82) is 0 Å². The normalized spacial score (nSPS) is 6.00. The largest absolute Gasteiger partial charge is 0.346 e. The zero-order chi connectivity index (χ0) is 5.58. The van der Waals surface area contributed by atoms with Crippen LogP contribution in [-0.4, -0.2) is 26.0 Å². The van der Waals surface area contributed by atoms with Gasteiger partial charge in [0.15, 0.2) is 0 Å². The van der Waals surface area contributed by atoms with E-state index in [2.05, 4.69) is 6.92 Å². The van der Waals surface area contributed by atoms with E-state index >= 15 is 0 Å². The Morgan fingerprint density at radius 1 is 1.00 bits per heavy atom. The van der Waals surface area contributed by atoms with Gasteiger partial charge in [-0.05, 0) is 21.1 Å². The fourth-order valence-electron chi connectivity index (χ4n) is 0. The maximum atomic E-state index is 3.25. The topological polar surface area (TPSA) is 3.24 Å². The van der Waals surface area contributed by atoms with E-state index in [1.807, 2.05) is 26.0 Å². The van der Waals surface area contributed by atoms with Gasteiger partial charge < -0.3 is 11.8 Å². The van der Waals surface area contributed by atoms with E-state index in [-0.39, 0.29) is 21.7 Å². The van der Waals surface area contributed by atoms with E-state index in [4.69, 9.17) is 0 Å². The summed E-state index contributed by atoms with van der Waals surface area (Å²) in [6, 6.07) is 0. The number of hydrogen-bond donors (Lipinski definition) is 0. The molecule has 0 N–H and O–H groups in total. The molecule has 0 unspecified atom stereocenters. The van der Waals surface area contributed by atoms with Crippen LogP contribution in [0.5, 0.6) is 0 Å². The van der Waals surface area contributed by atoms with Crippen LogP contribution in [0.25, 0.3) is 0 Å². The zero-order valence-corrected chi connectivity index (χ0v) is 7.22. The third kappa shape index (κ3) is 321. The average Bonchev–Trinajstić information content (AvgIpc) is 1.41. The summed E-state index contributed by atoms with van der Waals surface area (Å²) >= 11 is 0. The van der Waals surface area contributed by atoms with E-state index < -0.39 is 0 Å². The molecular weight excluding hydrogens is 122 g/mol. The molecule has 0 fully saturated rings. The Labute approximate surface area is 62.0 Å². The van der Waals surface area contributed by atoms with Crippen molar-refractivity contribution in [1.82, 2.24) is 4.90 Å². The second kappa shape index (κ2) is 15.9. The molecule has 0 atom stereocenters. The first kappa shape index (κ1) is 15.6. The maximum absolute atomic E-state index is 3.25. The molecule has 0 rings (SSSR count). The minimum atomic E-state index is 0. The number of hydrogen-bond acceptors (Lipinski definition) is 1. The molecule has 0 heterocycles. The summed E-state index contributed by atoms with van der Waals surface area (Å²) in [5.74, 6) is 0. The molecule has 0 saturated carbocycles. The van der Waals surface area contributed by atoms with Crippen LogP contribution < -0.4 is 0 Å². The van der Waals surface area contributed by atoms with Crippen LogP contribution in [0.2, 0.25) is 0 Å². The summed E-state index contributed by atoms with van der Waals surface area (Å²) in [6.07, 6.45) is 0. The monoisotopic (exact) mass is 136 g/mol. The Morgan fingerprint density at radius 3 is 1.00 bits per heavy atom. The van der Waals surface area contributed by atoms with E-state index in [0.29, 0.717) is 0 Å². The smallest absolute Gasteiger partial charge is 0 e. The molecule has 0 aliphatic rings. The molecule has 0 aromatic carbocycles. The first-order valence-corrected chi connectivity index (χ1v) is 2.05. The van der Waals surface area contributed by atoms with Crippen LogP contribution in [0.3, 0.4) is 0 Å². The molecule has 0 radical (unpaired) electrons. The van der Waals surface area contributed by atoms with Gasteiger partial charge in [0, 0.05) is 21.7 Å². The van der Waals surface area contributed by atoms with Crippen LogP contribution in [0.4, 0.5) is 0 Å². The second-order valence-corrected chi connectivity index (χ2v) is 1.34. The fourth-order valence-corrected chi connectivity index (χ4v) is 0. The van der Waals surface area contributed by atoms with Gasteiger partial charge in [-0.25, -0.2) is 0 Å². The van der Waals surface area contributed by atoms with Gasteiger partial charge in [0.2, 0.25) is 0 Å². The molecule has 0 aliphatic carbocycles. The summed E-state index contributed by atoms with van der Waals surface area (Å²) in [6.45, 7) is 5.00. The van der Waals surface area contributed by atoms with Crippen molar-refractivity contribution in [3.63, 3.8) is 0 Å². The van der Waals surface area contributed by atoms with Crippen LogP contribution in [0.15, 0.2) is 0 Å². The number of nitrogens with zero attached hydrogens (tertiary/aromatic N) is 1. The minimum Gasteiger partial charge on any atom is -0.346 e. The summed E-state index contributed by atoms with van der Waals surface area (Å²) in [5.41, 5.74) is 0. The van der Waals surface area contributed by atoms with Gasteiger partial charge in [0.25, 0.3) is 0 Å². The fraction of sp³-hybridized carbons (Fsp3) is 0.800. The molecule has 0 aromatic heterocycles. The van der Waals surface area contributed by atoms with Crippen molar-refractivity contribution in [3.05, 3.63) is 6.92 Å². The van der Waals surface area contributed by atoms with Crippen molar-refractivity contribution in [3.8, 4) is 0 Å². The molecule has 44 valence electrons. The Kier molecular flexibility index (Phi) is 35.6. The zero-order valence-electron chi connectivity index (χ0n) is 5.65. The molecule has 0 saturated heterocycles. The van der Waals surface area contributed by atoms with Crippen LogP contribution in [-0.2, 0) is 21.7 Å². The van der Waals surface area contributed by atoms with Gasteiger partial charge in [0.05, 0.1) is 0 Å². The summed E-state index contributed by atoms with van der Waals surface area (Å²) in [5, 5.41) is 0. The number of rotatable bonds is 0. The molecule has 1 nitrogen and oxygen atoms in total. The second-order valence-electron chi connectivity index (χ2n) is 1.34. The van der Waals surface area contributed by atoms with Crippen LogP contribution in [0.1, 0.15) is 6.92 Å². The van der Waals surface area contributed by atoms with Crippen molar-refractivity contribution in [2.45, 2.75) is 6.92 Å². The Bertz CT molecular complexity index is 12.8. The van der Waals surface area contributed by atoms with Gasteiger partial charge in [-0.3, -0.25) is 0 Å². The summed E-state index contributed by atoms with van der Waals surface area (Å²) in [4.78, 5) is 2.00. The Balaban J connectivity index is -0.0000000480. The average molecular weight is 136 g/mol. The Morgan fingerprint density at radius 2 is 1.00 bits per heavy atom. The summed E-state index contributed by atoms with van der Waals surface area (Å²) < 4.78 is 0. The molecule has 0 aliphatic heterocycles. The van der Waals surface area contributed by atoms with Crippen molar-refractivity contribution < 1.29 is 21.7 Å². The third-order valence-electron chi connectivity index (χ3n) is 0. The first-order chi connectivity index (χ1) is 2.73. The quantitative estimate of drug-likeness (QED) is 0.355. The predicted molar refractivity (Wildman–Crippen MR) is 30.6 cm³/mol.